The molecule has 0 radical (unpaired) electrons. The van der Waals surface area contributed by atoms with Crippen molar-refractivity contribution in [1.29, 1.82) is 10.5 Å². The summed E-state index contributed by atoms with van der Waals surface area (Å²) < 4.78 is 11.4. The molecule has 3 aromatic carbocycles. The predicted molar refractivity (Wildman–Crippen MR) is 104 cm³/mol. The van der Waals surface area contributed by atoms with E-state index in [0.717, 1.165) is 11.1 Å². The van der Waals surface area contributed by atoms with Crippen molar-refractivity contribution >= 4 is 5.97 Å². The maximum Gasteiger partial charge on any atom is 0.335 e. The molecular formula is C23H16N2O4. The summed E-state index contributed by atoms with van der Waals surface area (Å²) in [6, 6.07) is 22.5. The van der Waals surface area contributed by atoms with Crippen LogP contribution in [0.4, 0.5) is 0 Å². The van der Waals surface area contributed by atoms with Gasteiger partial charge in [0.15, 0.2) is 0 Å². The van der Waals surface area contributed by atoms with E-state index in [0.29, 0.717) is 22.6 Å². The van der Waals surface area contributed by atoms with Crippen LogP contribution in [0.2, 0.25) is 0 Å². The van der Waals surface area contributed by atoms with E-state index in [2.05, 4.69) is 12.1 Å². The van der Waals surface area contributed by atoms with Gasteiger partial charge in [-0.1, -0.05) is 24.3 Å². The van der Waals surface area contributed by atoms with Crippen molar-refractivity contribution in [3.63, 3.8) is 0 Å². The molecule has 0 aromatic heterocycles. The van der Waals surface area contributed by atoms with Crippen LogP contribution in [0.5, 0.6) is 11.5 Å². The highest BCUT2D eigenvalue weighted by Crippen LogP contribution is 2.25. The zero-order valence-corrected chi connectivity index (χ0v) is 15.3. The summed E-state index contributed by atoms with van der Waals surface area (Å²) >= 11 is 0. The third kappa shape index (κ3) is 5.35. The van der Waals surface area contributed by atoms with Gasteiger partial charge in [0.1, 0.15) is 24.7 Å². The summed E-state index contributed by atoms with van der Waals surface area (Å²) in [5.74, 6) is -0.356. The molecule has 6 nitrogen and oxygen atoms in total. The molecular weight excluding hydrogens is 368 g/mol. The Labute approximate surface area is 167 Å². The Kier molecular flexibility index (Phi) is 6.09. The maximum absolute atomic E-state index is 11.4. The van der Waals surface area contributed by atoms with Gasteiger partial charge in [0.05, 0.1) is 28.8 Å². The molecule has 0 aliphatic heterocycles. The first kappa shape index (κ1) is 19.5. The number of nitrogens with zero attached hydrogens (tertiary/aromatic N) is 2. The van der Waals surface area contributed by atoms with Crippen molar-refractivity contribution in [2.45, 2.75) is 13.2 Å². The first-order valence-electron chi connectivity index (χ1n) is 8.69. The zero-order valence-electron chi connectivity index (χ0n) is 15.3. The average Bonchev–Trinajstić information content (AvgIpc) is 2.76. The molecule has 0 unspecified atom stereocenters. The average molecular weight is 384 g/mol. The van der Waals surface area contributed by atoms with Gasteiger partial charge in [0.25, 0.3) is 0 Å². The quantitative estimate of drug-likeness (QED) is 0.652. The number of hydrogen-bond acceptors (Lipinski definition) is 5. The summed E-state index contributed by atoms with van der Waals surface area (Å²) in [4.78, 5) is 11.4. The summed E-state index contributed by atoms with van der Waals surface area (Å²) in [6.45, 7) is 0.452. The molecule has 0 fully saturated rings. The molecule has 0 heterocycles. The standard InChI is InChI=1S/C23H16N2O4/c24-12-16-1-5-18(6-2-16)14-28-21-9-20(23(26)27)10-22(11-21)29-15-19-7-3-17(13-25)4-8-19/h1-11H,14-15H2,(H,26,27). The highest BCUT2D eigenvalue weighted by atomic mass is 16.5. The second-order valence-corrected chi connectivity index (χ2v) is 6.19. The Bertz CT molecular complexity index is 1010. The van der Waals surface area contributed by atoms with E-state index in [1.807, 2.05) is 0 Å². The van der Waals surface area contributed by atoms with E-state index >= 15 is 0 Å². The lowest BCUT2D eigenvalue weighted by atomic mass is 10.1. The largest absolute Gasteiger partial charge is 0.489 e. The van der Waals surface area contributed by atoms with Gasteiger partial charge in [-0.15, -0.1) is 0 Å². The molecule has 3 aromatic rings. The van der Waals surface area contributed by atoms with Crippen LogP contribution >= 0.6 is 0 Å². The fourth-order valence-corrected chi connectivity index (χ4v) is 2.55. The number of hydrogen-bond donors (Lipinski definition) is 1. The maximum atomic E-state index is 11.4. The molecule has 0 saturated carbocycles. The van der Waals surface area contributed by atoms with E-state index in [1.54, 1.807) is 54.6 Å². The number of nitriles is 2. The first-order chi connectivity index (χ1) is 14.1. The van der Waals surface area contributed by atoms with Crippen LogP contribution in [0.3, 0.4) is 0 Å². The van der Waals surface area contributed by atoms with E-state index in [9.17, 15) is 9.90 Å². The minimum atomic E-state index is -1.09. The number of carbonyl (C=O) groups is 1. The number of carboxylic acid groups (broad SMARTS) is 1. The molecule has 3 rings (SSSR count). The van der Waals surface area contributed by atoms with Gasteiger partial charge in [0.2, 0.25) is 0 Å². The SMILES string of the molecule is N#Cc1ccc(COc2cc(OCc3ccc(C#N)cc3)cc(C(=O)O)c2)cc1. The number of carboxylic acids is 1. The monoisotopic (exact) mass is 384 g/mol. The van der Waals surface area contributed by atoms with E-state index in [-0.39, 0.29) is 18.8 Å². The van der Waals surface area contributed by atoms with Crippen molar-refractivity contribution in [2.24, 2.45) is 0 Å². The van der Waals surface area contributed by atoms with E-state index in [1.165, 1.54) is 12.1 Å². The summed E-state index contributed by atoms with van der Waals surface area (Å²) in [7, 11) is 0. The molecule has 0 aliphatic carbocycles. The van der Waals surface area contributed by atoms with Crippen LogP contribution in [0.25, 0.3) is 0 Å². The van der Waals surface area contributed by atoms with Gasteiger partial charge in [0, 0.05) is 6.07 Å². The Morgan fingerprint density at radius 3 is 1.52 bits per heavy atom. The minimum absolute atomic E-state index is 0.0529. The number of ether oxygens (including phenoxy) is 2. The first-order valence-corrected chi connectivity index (χ1v) is 8.69. The van der Waals surface area contributed by atoms with Gasteiger partial charge >= 0.3 is 5.97 Å². The molecule has 0 bridgehead atoms. The second-order valence-electron chi connectivity index (χ2n) is 6.19. The molecule has 0 aliphatic rings. The zero-order chi connectivity index (χ0) is 20.6. The third-order valence-electron chi connectivity index (χ3n) is 4.10. The highest BCUT2D eigenvalue weighted by Gasteiger charge is 2.10. The predicted octanol–water partition coefficient (Wildman–Crippen LogP) is 4.29. The van der Waals surface area contributed by atoms with Crippen LogP contribution in [0, 0.1) is 22.7 Å². The smallest absolute Gasteiger partial charge is 0.335 e. The fourth-order valence-electron chi connectivity index (χ4n) is 2.55. The van der Waals surface area contributed by atoms with Gasteiger partial charge in [-0.05, 0) is 47.5 Å². The summed E-state index contributed by atoms with van der Waals surface area (Å²) in [5, 5.41) is 27.0. The molecule has 0 saturated heterocycles. The lowest BCUT2D eigenvalue weighted by Gasteiger charge is -2.11. The van der Waals surface area contributed by atoms with Gasteiger partial charge in [-0.3, -0.25) is 0 Å². The normalized spacial score (nSPS) is 9.86. The Hall–Kier alpha value is -4.29. The lowest BCUT2D eigenvalue weighted by molar-refractivity contribution is 0.0695. The third-order valence-corrected chi connectivity index (χ3v) is 4.10. The Morgan fingerprint density at radius 1 is 0.759 bits per heavy atom. The summed E-state index contributed by atoms with van der Waals surface area (Å²) in [5.41, 5.74) is 2.87. The van der Waals surface area contributed by atoms with Crippen molar-refractivity contribution < 1.29 is 19.4 Å². The number of benzene rings is 3. The van der Waals surface area contributed by atoms with Crippen molar-refractivity contribution in [3.8, 4) is 23.6 Å². The molecule has 1 N–H and O–H groups in total. The molecule has 0 amide bonds. The molecule has 6 heteroatoms. The molecule has 0 atom stereocenters. The fraction of sp³-hybridized carbons (Fsp3) is 0.0870. The topological polar surface area (TPSA) is 103 Å². The highest BCUT2D eigenvalue weighted by molar-refractivity contribution is 5.88. The van der Waals surface area contributed by atoms with Crippen LogP contribution in [-0.4, -0.2) is 11.1 Å². The van der Waals surface area contributed by atoms with Crippen molar-refractivity contribution in [2.75, 3.05) is 0 Å². The van der Waals surface area contributed by atoms with E-state index in [4.69, 9.17) is 20.0 Å². The van der Waals surface area contributed by atoms with Gasteiger partial charge in [-0.25, -0.2) is 4.79 Å². The van der Waals surface area contributed by atoms with E-state index < -0.39 is 5.97 Å². The summed E-state index contributed by atoms with van der Waals surface area (Å²) in [6.07, 6.45) is 0. The lowest BCUT2D eigenvalue weighted by Crippen LogP contribution is -2.02. The van der Waals surface area contributed by atoms with Crippen molar-refractivity contribution in [1.82, 2.24) is 0 Å². The van der Waals surface area contributed by atoms with Gasteiger partial charge < -0.3 is 14.6 Å². The Balaban J connectivity index is 1.71. The number of rotatable bonds is 7. The van der Waals surface area contributed by atoms with Crippen LogP contribution in [0.1, 0.15) is 32.6 Å². The number of aromatic carboxylic acids is 1. The van der Waals surface area contributed by atoms with Gasteiger partial charge in [-0.2, -0.15) is 10.5 Å². The molecule has 0 spiro atoms. The minimum Gasteiger partial charge on any atom is -0.489 e. The van der Waals surface area contributed by atoms with Crippen LogP contribution in [0.15, 0.2) is 66.7 Å². The molecule has 29 heavy (non-hydrogen) atoms. The van der Waals surface area contributed by atoms with Crippen molar-refractivity contribution in [3.05, 3.63) is 94.5 Å². The Morgan fingerprint density at radius 2 is 1.17 bits per heavy atom. The van der Waals surface area contributed by atoms with Crippen LogP contribution in [-0.2, 0) is 13.2 Å². The van der Waals surface area contributed by atoms with Crippen LogP contribution < -0.4 is 9.47 Å². The second kappa shape index (κ2) is 9.07. The molecule has 142 valence electrons.